The molecule has 0 radical (unpaired) electrons. The van der Waals surface area contributed by atoms with Gasteiger partial charge in [-0.3, -0.25) is 0 Å². The summed E-state index contributed by atoms with van der Waals surface area (Å²) in [6, 6.07) is 8.93. The first-order valence-electron chi connectivity index (χ1n) is 5.69. The van der Waals surface area contributed by atoms with Gasteiger partial charge in [0.25, 0.3) is 0 Å². The highest BCUT2D eigenvalue weighted by Crippen LogP contribution is 2.32. The molecule has 0 spiro atoms. The van der Waals surface area contributed by atoms with Gasteiger partial charge in [0.1, 0.15) is 0 Å². The molecule has 2 heterocycles. The van der Waals surface area contributed by atoms with Crippen molar-refractivity contribution in [1.82, 2.24) is 0 Å². The highest BCUT2D eigenvalue weighted by Gasteiger charge is 2.12. The van der Waals surface area contributed by atoms with E-state index in [4.69, 9.17) is 0 Å². The fourth-order valence-electron chi connectivity index (χ4n) is 1.58. The predicted octanol–water partition coefficient (Wildman–Crippen LogP) is 3.96. The van der Waals surface area contributed by atoms with Gasteiger partial charge in [-0.1, -0.05) is 12.1 Å². The zero-order valence-electron chi connectivity index (χ0n) is 9.67. The number of rotatable bonds is 2. The Hall–Kier alpha value is 0.960. The molecule has 2 aliphatic rings. The summed E-state index contributed by atoms with van der Waals surface area (Å²) in [5, 5.41) is 2.99. The second-order valence-electron chi connectivity index (χ2n) is 3.64. The fraction of sp³-hybridized carbons (Fsp3) is 0.333. The molecule has 18 heavy (non-hydrogen) atoms. The normalized spacial score (nSPS) is 20.2. The van der Waals surface area contributed by atoms with Gasteiger partial charge in [0, 0.05) is 33.6 Å². The first kappa shape index (κ1) is 13.9. The van der Waals surface area contributed by atoms with Crippen molar-refractivity contribution in [3.63, 3.8) is 0 Å². The van der Waals surface area contributed by atoms with E-state index in [1.807, 2.05) is 47.0 Å². The molecule has 0 N–H and O–H groups in total. The number of benzene rings is 1. The van der Waals surface area contributed by atoms with Gasteiger partial charge in [-0.15, -0.1) is 47.0 Å². The first-order valence-corrected chi connectivity index (χ1v) is 11.4. The van der Waals surface area contributed by atoms with Gasteiger partial charge in [-0.2, -0.15) is 0 Å². The molecule has 0 aliphatic carbocycles. The van der Waals surface area contributed by atoms with Gasteiger partial charge >= 0.3 is 0 Å². The summed E-state index contributed by atoms with van der Waals surface area (Å²) >= 11 is 8.14. The van der Waals surface area contributed by atoms with E-state index >= 15 is 0 Å². The minimum Gasteiger partial charge on any atom is -0.114 e. The molecule has 6 heteroatoms. The van der Waals surface area contributed by atoms with Crippen LogP contribution in [0.3, 0.4) is 0 Å². The Kier molecular flexibility index (Phi) is 5.50. The lowest BCUT2D eigenvalue weighted by Gasteiger charge is -2.02. The second kappa shape index (κ2) is 7.11. The van der Waals surface area contributed by atoms with Crippen LogP contribution >= 0.6 is 63.5 Å². The van der Waals surface area contributed by atoms with Crippen LogP contribution in [0.15, 0.2) is 24.3 Å². The van der Waals surface area contributed by atoms with Crippen LogP contribution in [0.4, 0.5) is 0 Å². The van der Waals surface area contributed by atoms with Crippen molar-refractivity contribution in [2.24, 2.45) is 0 Å². The largest absolute Gasteiger partial charge is 0.114 e. The van der Waals surface area contributed by atoms with Crippen LogP contribution in [0.25, 0.3) is 0 Å². The molecule has 0 nitrogen and oxygen atoms in total. The molecule has 0 saturated carbocycles. The molecule has 0 bridgehead atoms. The SMILES string of the molecule is c1ccc(P=C2SCCS2)c(P=C2SCCS2)c1. The molecule has 2 saturated heterocycles. The molecule has 0 amide bonds. The molecule has 1 aromatic carbocycles. The third kappa shape index (κ3) is 3.75. The Bertz CT molecular complexity index is 438. The smallest absolute Gasteiger partial charge is 0.0680 e. The van der Waals surface area contributed by atoms with Crippen LogP contribution in [0.2, 0.25) is 0 Å². The van der Waals surface area contributed by atoms with Gasteiger partial charge in [0.15, 0.2) is 0 Å². The van der Waals surface area contributed by atoms with Gasteiger partial charge in [-0.05, 0) is 28.5 Å². The van der Waals surface area contributed by atoms with E-state index in [1.165, 1.54) is 50.0 Å². The maximum atomic E-state index is 2.29. The minimum absolute atomic E-state index is 1.29. The quantitative estimate of drug-likeness (QED) is 0.743. The molecule has 1 aromatic rings. The van der Waals surface area contributed by atoms with Gasteiger partial charge in [0.2, 0.25) is 0 Å². The van der Waals surface area contributed by atoms with Crippen molar-refractivity contribution >= 4 is 82.0 Å². The predicted molar refractivity (Wildman–Crippen MR) is 99.4 cm³/mol. The van der Waals surface area contributed by atoms with Crippen LogP contribution in [0, 0.1) is 0 Å². The van der Waals surface area contributed by atoms with Crippen molar-refractivity contribution in [2.45, 2.75) is 0 Å². The van der Waals surface area contributed by atoms with E-state index in [2.05, 4.69) is 24.3 Å². The summed E-state index contributed by atoms with van der Waals surface area (Å²) in [5.74, 6) is 5.15. The standard InChI is InChI=1S/C12H12P2S4/c1-2-4-10(14-12-17-7-8-18-12)9(3-1)13-11-15-5-6-16-11/h1-4H,5-8H2. The van der Waals surface area contributed by atoms with Crippen molar-refractivity contribution in [2.75, 3.05) is 23.0 Å². The summed E-state index contributed by atoms with van der Waals surface area (Å²) < 4.78 is 3.16. The van der Waals surface area contributed by atoms with Crippen LogP contribution in [-0.4, -0.2) is 30.9 Å². The van der Waals surface area contributed by atoms with E-state index in [1.54, 1.807) is 7.92 Å². The summed E-state index contributed by atoms with van der Waals surface area (Å²) in [7, 11) is 2.85. The third-order valence-electron chi connectivity index (χ3n) is 2.37. The van der Waals surface area contributed by atoms with Crippen molar-refractivity contribution < 1.29 is 0 Å². The van der Waals surface area contributed by atoms with E-state index in [0.717, 1.165) is 0 Å². The lowest BCUT2D eigenvalue weighted by Crippen LogP contribution is -2.12. The van der Waals surface area contributed by atoms with Crippen LogP contribution in [0.5, 0.6) is 0 Å². The molecular formula is C12H12P2S4. The Labute approximate surface area is 128 Å². The van der Waals surface area contributed by atoms with E-state index in [-0.39, 0.29) is 0 Å². The van der Waals surface area contributed by atoms with Crippen LogP contribution in [-0.2, 0) is 0 Å². The molecule has 2 aliphatic heterocycles. The monoisotopic (exact) mass is 346 g/mol. The summed E-state index contributed by atoms with van der Waals surface area (Å²) in [6.07, 6.45) is 0. The Morgan fingerprint density at radius 1 is 0.667 bits per heavy atom. The summed E-state index contributed by atoms with van der Waals surface area (Å²) in [4.78, 5) is 0. The molecule has 94 valence electrons. The Morgan fingerprint density at radius 2 is 1.06 bits per heavy atom. The number of hydrogen-bond acceptors (Lipinski definition) is 4. The lowest BCUT2D eigenvalue weighted by atomic mass is 10.4. The van der Waals surface area contributed by atoms with Gasteiger partial charge < -0.3 is 0 Å². The first-order chi connectivity index (χ1) is 8.92. The maximum Gasteiger partial charge on any atom is 0.0680 e. The summed E-state index contributed by atoms with van der Waals surface area (Å²) in [6.45, 7) is 0. The van der Waals surface area contributed by atoms with E-state index in [0.29, 0.717) is 0 Å². The van der Waals surface area contributed by atoms with Gasteiger partial charge in [0.05, 0.1) is 7.92 Å². The van der Waals surface area contributed by atoms with Crippen LogP contribution < -0.4 is 10.6 Å². The van der Waals surface area contributed by atoms with Crippen molar-refractivity contribution in [3.05, 3.63) is 24.3 Å². The fourth-order valence-corrected chi connectivity index (χ4v) is 9.98. The van der Waals surface area contributed by atoms with Crippen molar-refractivity contribution in [1.29, 1.82) is 0 Å². The molecular weight excluding hydrogens is 334 g/mol. The molecule has 0 unspecified atom stereocenters. The number of hydrogen-bond donors (Lipinski definition) is 0. The van der Waals surface area contributed by atoms with E-state index < -0.39 is 0 Å². The molecule has 3 rings (SSSR count). The minimum atomic E-state index is 1.29. The Morgan fingerprint density at radius 3 is 1.44 bits per heavy atom. The number of thioether (sulfide) groups is 4. The average molecular weight is 346 g/mol. The zero-order valence-corrected chi connectivity index (χ0v) is 14.7. The second-order valence-corrected chi connectivity index (χ2v) is 12.1. The third-order valence-corrected chi connectivity index (χ3v) is 11.4. The lowest BCUT2D eigenvalue weighted by molar-refractivity contribution is 1.59. The molecule has 0 atom stereocenters. The summed E-state index contributed by atoms with van der Waals surface area (Å²) in [5.41, 5.74) is 0. The highest BCUT2D eigenvalue weighted by molar-refractivity contribution is 8.47. The van der Waals surface area contributed by atoms with E-state index in [9.17, 15) is 0 Å². The van der Waals surface area contributed by atoms with Crippen LogP contribution in [0.1, 0.15) is 0 Å². The maximum absolute atomic E-state index is 2.29. The molecule has 0 aromatic heterocycles. The van der Waals surface area contributed by atoms with Crippen molar-refractivity contribution in [3.8, 4) is 0 Å². The Balaban J connectivity index is 1.89. The molecule has 2 fully saturated rings. The van der Waals surface area contributed by atoms with Gasteiger partial charge in [-0.25, -0.2) is 0 Å². The highest BCUT2D eigenvalue weighted by atomic mass is 32.2. The average Bonchev–Trinajstić information content (AvgIpc) is 3.05. The topological polar surface area (TPSA) is 0 Å². The zero-order chi connectivity index (χ0) is 12.2.